The Labute approximate surface area is 84.1 Å². The van der Waals surface area contributed by atoms with Gasteiger partial charge in [-0.1, -0.05) is 18.5 Å². The molecule has 0 aliphatic rings. The first kappa shape index (κ1) is 10.5. The zero-order valence-electron chi connectivity index (χ0n) is 8.39. The molecule has 0 saturated carbocycles. The fourth-order valence-electron chi connectivity index (χ4n) is 1.38. The molecule has 0 spiro atoms. The number of likely N-dealkylation sites (N-methyl/N-ethyl adjacent to an activating group) is 1. The Hall–Kier alpha value is -0.540. The van der Waals surface area contributed by atoms with Crippen LogP contribution in [0.2, 0.25) is 5.15 Å². The maximum absolute atomic E-state index is 6.10. The van der Waals surface area contributed by atoms with Gasteiger partial charge in [-0.25, -0.2) is 0 Å². The molecular weight excluding hydrogens is 186 g/mol. The second-order valence-corrected chi connectivity index (χ2v) is 3.40. The SMILES string of the molecule is CCc1nn(C)c(Cl)c1CCNC. The Bertz CT molecular complexity index is 281. The molecule has 0 aromatic carbocycles. The van der Waals surface area contributed by atoms with E-state index in [1.807, 2.05) is 14.1 Å². The average molecular weight is 202 g/mol. The number of rotatable bonds is 4. The number of halogens is 1. The monoisotopic (exact) mass is 201 g/mol. The molecule has 1 N–H and O–H groups in total. The van der Waals surface area contributed by atoms with Gasteiger partial charge in [-0.15, -0.1) is 0 Å². The van der Waals surface area contributed by atoms with Crippen LogP contribution in [0, 0.1) is 0 Å². The van der Waals surface area contributed by atoms with Crippen molar-refractivity contribution in [3.8, 4) is 0 Å². The van der Waals surface area contributed by atoms with E-state index in [1.165, 1.54) is 5.56 Å². The Morgan fingerprint density at radius 1 is 1.54 bits per heavy atom. The molecule has 0 radical (unpaired) electrons. The largest absolute Gasteiger partial charge is 0.319 e. The van der Waals surface area contributed by atoms with Crippen LogP contribution in [0.15, 0.2) is 0 Å². The average Bonchev–Trinajstić information content (AvgIpc) is 2.40. The number of aromatic nitrogens is 2. The Kier molecular flexibility index (Phi) is 3.75. The summed E-state index contributed by atoms with van der Waals surface area (Å²) in [7, 11) is 3.82. The van der Waals surface area contributed by atoms with Gasteiger partial charge in [0.2, 0.25) is 0 Å². The number of nitrogens with one attached hydrogen (secondary N) is 1. The summed E-state index contributed by atoms with van der Waals surface area (Å²) in [5.41, 5.74) is 2.30. The zero-order chi connectivity index (χ0) is 9.84. The van der Waals surface area contributed by atoms with Crippen molar-refractivity contribution in [2.24, 2.45) is 7.05 Å². The van der Waals surface area contributed by atoms with Crippen molar-refractivity contribution in [3.05, 3.63) is 16.4 Å². The lowest BCUT2D eigenvalue weighted by atomic mass is 10.1. The van der Waals surface area contributed by atoms with Gasteiger partial charge in [0.1, 0.15) is 5.15 Å². The Morgan fingerprint density at radius 2 is 2.23 bits per heavy atom. The zero-order valence-corrected chi connectivity index (χ0v) is 9.15. The van der Waals surface area contributed by atoms with Gasteiger partial charge in [-0.3, -0.25) is 4.68 Å². The van der Waals surface area contributed by atoms with E-state index in [1.54, 1.807) is 4.68 Å². The molecule has 0 atom stereocenters. The van der Waals surface area contributed by atoms with Gasteiger partial charge in [0.05, 0.1) is 5.69 Å². The highest BCUT2D eigenvalue weighted by atomic mass is 35.5. The van der Waals surface area contributed by atoms with Gasteiger partial charge < -0.3 is 5.32 Å². The molecule has 74 valence electrons. The fourth-order valence-corrected chi connectivity index (χ4v) is 1.62. The molecular formula is C9H16ClN3. The van der Waals surface area contributed by atoms with Crippen LogP contribution in [0.5, 0.6) is 0 Å². The number of aryl methyl sites for hydroxylation is 2. The molecule has 0 saturated heterocycles. The lowest BCUT2D eigenvalue weighted by Crippen LogP contribution is -2.11. The molecule has 0 amide bonds. The number of nitrogens with zero attached hydrogens (tertiary/aromatic N) is 2. The standard InChI is InChI=1S/C9H16ClN3/c1-4-8-7(5-6-11-2)9(10)13(3)12-8/h11H,4-6H2,1-3H3. The molecule has 1 aromatic heterocycles. The van der Waals surface area contributed by atoms with Crippen molar-refractivity contribution in [2.45, 2.75) is 19.8 Å². The predicted octanol–water partition coefficient (Wildman–Crippen LogP) is 1.40. The van der Waals surface area contributed by atoms with Crippen molar-refractivity contribution >= 4 is 11.6 Å². The van der Waals surface area contributed by atoms with Gasteiger partial charge >= 0.3 is 0 Å². The summed E-state index contributed by atoms with van der Waals surface area (Å²) in [5, 5.41) is 8.22. The molecule has 0 aliphatic heterocycles. The molecule has 4 heteroatoms. The minimum atomic E-state index is 0.770. The number of hydrogen-bond donors (Lipinski definition) is 1. The second kappa shape index (κ2) is 4.63. The first-order valence-electron chi connectivity index (χ1n) is 4.55. The summed E-state index contributed by atoms with van der Waals surface area (Å²) >= 11 is 6.10. The molecule has 1 aromatic rings. The summed E-state index contributed by atoms with van der Waals surface area (Å²) in [4.78, 5) is 0. The summed E-state index contributed by atoms with van der Waals surface area (Å²) in [6.07, 6.45) is 1.89. The second-order valence-electron chi connectivity index (χ2n) is 3.05. The predicted molar refractivity (Wildman–Crippen MR) is 55.2 cm³/mol. The van der Waals surface area contributed by atoms with E-state index < -0.39 is 0 Å². The molecule has 0 bridgehead atoms. The summed E-state index contributed by atoms with van der Waals surface area (Å²) in [6.45, 7) is 3.04. The molecule has 1 heterocycles. The molecule has 3 nitrogen and oxygen atoms in total. The van der Waals surface area contributed by atoms with Crippen LogP contribution in [0.25, 0.3) is 0 Å². The fraction of sp³-hybridized carbons (Fsp3) is 0.667. The van der Waals surface area contributed by atoms with E-state index in [9.17, 15) is 0 Å². The summed E-state index contributed by atoms with van der Waals surface area (Å²) in [5.74, 6) is 0. The Morgan fingerprint density at radius 3 is 2.77 bits per heavy atom. The maximum atomic E-state index is 6.10. The van der Waals surface area contributed by atoms with E-state index in [0.29, 0.717) is 0 Å². The van der Waals surface area contributed by atoms with Crippen molar-refractivity contribution in [1.82, 2.24) is 15.1 Å². The van der Waals surface area contributed by atoms with Crippen LogP contribution in [-0.2, 0) is 19.9 Å². The molecule has 0 unspecified atom stereocenters. The smallest absolute Gasteiger partial charge is 0.130 e. The van der Waals surface area contributed by atoms with E-state index in [4.69, 9.17) is 11.6 Å². The van der Waals surface area contributed by atoms with E-state index in [0.717, 1.165) is 30.2 Å². The quantitative estimate of drug-likeness (QED) is 0.798. The summed E-state index contributed by atoms with van der Waals surface area (Å²) in [6, 6.07) is 0. The van der Waals surface area contributed by atoms with E-state index in [-0.39, 0.29) is 0 Å². The number of hydrogen-bond acceptors (Lipinski definition) is 2. The van der Waals surface area contributed by atoms with Gasteiger partial charge in [-0.2, -0.15) is 5.10 Å². The van der Waals surface area contributed by atoms with Crippen LogP contribution in [-0.4, -0.2) is 23.4 Å². The lowest BCUT2D eigenvalue weighted by molar-refractivity contribution is 0.747. The third kappa shape index (κ3) is 2.23. The third-order valence-electron chi connectivity index (χ3n) is 2.11. The normalized spacial score (nSPS) is 10.8. The maximum Gasteiger partial charge on any atom is 0.130 e. The summed E-state index contributed by atoms with van der Waals surface area (Å²) < 4.78 is 1.74. The van der Waals surface area contributed by atoms with Crippen LogP contribution in [0.1, 0.15) is 18.2 Å². The van der Waals surface area contributed by atoms with Crippen molar-refractivity contribution in [3.63, 3.8) is 0 Å². The first-order valence-corrected chi connectivity index (χ1v) is 4.93. The molecule has 0 fully saturated rings. The minimum absolute atomic E-state index is 0.770. The highest BCUT2D eigenvalue weighted by Crippen LogP contribution is 2.19. The third-order valence-corrected chi connectivity index (χ3v) is 2.58. The van der Waals surface area contributed by atoms with E-state index >= 15 is 0 Å². The van der Waals surface area contributed by atoms with Crippen LogP contribution >= 0.6 is 11.6 Å². The lowest BCUT2D eigenvalue weighted by Gasteiger charge is -2.00. The van der Waals surface area contributed by atoms with Crippen LogP contribution in [0.4, 0.5) is 0 Å². The molecule has 13 heavy (non-hydrogen) atoms. The molecule has 0 aliphatic carbocycles. The first-order chi connectivity index (χ1) is 6.20. The highest BCUT2D eigenvalue weighted by Gasteiger charge is 2.11. The topological polar surface area (TPSA) is 29.9 Å². The van der Waals surface area contributed by atoms with Crippen LogP contribution in [0.3, 0.4) is 0 Å². The van der Waals surface area contributed by atoms with Gasteiger partial charge in [0.15, 0.2) is 0 Å². The minimum Gasteiger partial charge on any atom is -0.319 e. The van der Waals surface area contributed by atoms with E-state index in [2.05, 4.69) is 17.3 Å². The van der Waals surface area contributed by atoms with Gasteiger partial charge in [-0.05, 0) is 26.4 Å². The van der Waals surface area contributed by atoms with Gasteiger partial charge in [0.25, 0.3) is 0 Å². The Balaban J connectivity index is 2.88. The van der Waals surface area contributed by atoms with Crippen molar-refractivity contribution in [1.29, 1.82) is 0 Å². The van der Waals surface area contributed by atoms with Gasteiger partial charge in [0, 0.05) is 12.6 Å². The van der Waals surface area contributed by atoms with Crippen LogP contribution < -0.4 is 5.32 Å². The van der Waals surface area contributed by atoms with Crippen molar-refractivity contribution < 1.29 is 0 Å². The molecule has 1 rings (SSSR count). The van der Waals surface area contributed by atoms with Crippen molar-refractivity contribution in [2.75, 3.05) is 13.6 Å². The highest BCUT2D eigenvalue weighted by molar-refractivity contribution is 6.30.